The Morgan fingerprint density at radius 3 is 2.17 bits per heavy atom. The Morgan fingerprint density at radius 1 is 1.42 bits per heavy atom. The highest BCUT2D eigenvalue weighted by atomic mass is 16.3. The van der Waals surface area contributed by atoms with Crippen LogP contribution >= 0.6 is 0 Å². The first-order chi connectivity index (χ1) is 5.49. The Bertz CT molecular complexity index is 177. The maximum atomic E-state index is 11.2. The van der Waals surface area contributed by atoms with Crippen molar-refractivity contribution in [1.82, 2.24) is 5.32 Å². The predicted octanol–water partition coefficient (Wildman–Crippen LogP) is -0.292. The second-order valence-corrected chi connectivity index (χ2v) is 2.99. The number of carbonyl (C=O) groups is 2. The van der Waals surface area contributed by atoms with Crippen molar-refractivity contribution in [3.63, 3.8) is 0 Å². The summed E-state index contributed by atoms with van der Waals surface area (Å²) in [5, 5.41) is 11.1. The van der Waals surface area contributed by atoms with Crippen LogP contribution in [-0.4, -0.2) is 29.4 Å². The summed E-state index contributed by atoms with van der Waals surface area (Å²) in [5.41, 5.74) is 0. The van der Waals surface area contributed by atoms with E-state index in [9.17, 15) is 9.59 Å². The number of hydrogen-bond acceptors (Lipinski definition) is 3. The third-order valence-corrected chi connectivity index (χ3v) is 1.47. The highest BCUT2D eigenvalue weighted by Crippen LogP contribution is 1.98. The molecule has 0 aliphatic rings. The zero-order valence-electron chi connectivity index (χ0n) is 7.63. The maximum absolute atomic E-state index is 11.2. The second-order valence-electron chi connectivity index (χ2n) is 2.99. The minimum absolute atomic E-state index is 0.146. The number of amides is 1. The molecule has 0 unspecified atom stereocenters. The largest absolute Gasteiger partial charge is 0.394 e. The van der Waals surface area contributed by atoms with Crippen molar-refractivity contribution < 1.29 is 14.7 Å². The first kappa shape index (κ1) is 11.1. The summed E-state index contributed by atoms with van der Waals surface area (Å²) in [6, 6.07) is -0.748. The Hall–Kier alpha value is -0.900. The second kappa shape index (κ2) is 4.87. The molecule has 0 rings (SSSR count). The SMILES string of the molecule is CC(=O)N[C@@H](CO)C(=O)C(C)C. The molecule has 1 amide bonds. The van der Waals surface area contributed by atoms with Crippen molar-refractivity contribution in [2.24, 2.45) is 5.92 Å². The van der Waals surface area contributed by atoms with Gasteiger partial charge in [-0.25, -0.2) is 0 Å². The van der Waals surface area contributed by atoms with Gasteiger partial charge in [-0.2, -0.15) is 0 Å². The fraction of sp³-hybridized carbons (Fsp3) is 0.750. The van der Waals surface area contributed by atoms with E-state index < -0.39 is 6.04 Å². The molecular formula is C8H15NO3. The molecule has 0 spiro atoms. The third-order valence-electron chi connectivity index (χ3n) is 1.47. The number of aliphatic hydroxyl groups excluding tert-OH is 1. The van der Waals surface area contributed by atoms with Crippen LogP contribution < -0.4 is 5.32 Å². The van der Waals surface area contributed by atoms with Crippen LogP contribution in [0.25, 0.3) is 0 Å². The van der Waals surface area contributed by atoms with E-state index in [1.165, 1.54) is 6.92 Å². The standard InChI is InChI=1S/C8H15NO3/c1-5(2)8(12)7(4-10)9-6(3)11/h5,7,10H,4H2,1-3H3,(H,9,11)/t7-/m0/s1. The van der Waals surface area contributed by atoms with E-state index in [1.54, 1.807) is 13.8 Å². The highest BCUT2D eigenvalue weighted by Gasteiger charge is 2.20. The molecule has 0 heterocycles. The molecule has 70 valence electrons. The number of aliphatic hydroxyl groups is 1. The summed E-state index contributed by atoms with van der Waals surface area (Å²) in [4.78, 5) is 21.8. The van der Waals surface area contributed by atoms with E-state index in [0.29, 0.717) is 0 Å². The minimum atomic E-state index is -0.748. The van der Waals surface area contributed by atoms with Crippen LogP contribution in [0.15, 0.2) is 0 Å². The van der Waals surface area contributed by atoms with Gasteiger partial charge in [0, 0.05) is 12.8 Å². The number of hydrogen-bond donors (Lipinski definition) is 2. The van der Waals surface area contributed by atoms with Crippen LogP contribution in [0, 0.1) is 5.92 Å². The first-order valence-corrected chi connectivity index (χ1v) is 3.90. The van der Waals surface area contributed by atoms with E-state index in [2.05, 4.69) is 5.32 Å². The predicted molar refractivity (Wildman–Crippen MR) is 44.5 cm³/mol. The molecule has 0 fully saturated rings. The molecule has 4 heteroatoms. The average molecular weight is 173 g/mol. The molecule has 0 aromatic heterocycles. The molecule has 0 saturated carbocycles. The number of rotatable bonds is 4. The van der Waals surface area contributed by atoms with E-state index in [1.807, 2.05) is 0 Å². The van der Waals surface area contributed by atoms with Crippen LogP contribution in [0.2, 0.25) is 0 Å². The molecule has 12 heavy (non-hydrogen) atoms. The molecular weight excluding hydrogens is 158 g/mol. The Morgan fingerprint density at radius 2 is 1.92 bits per heavy atom. The zero-order chi connectivity index (χ0) is 9.72. The fourth-order valence-electron chi connectivity index (χ4n) is 0.854. The lowest BCUT2D eigenvalue weighted by Gasteiger charge is -2.15. The van der Waals surface area contributed by atoms with Crippen molar-refractivity contribution in [2.75, 3.05) is 6.61 Å². The summed E-state index contributed by atoms with van der Waals surface area (Å²) in [7, 11) is 0. The summed E-state index contributed by atoms with van der Waals surface area (Å²) < 4.78 is 0. The molecule has 0 aromatic carbocycles. The molecule has 0 aromatic rings. The van der Waals surface area contributed by atoms with Crippen LogP contribution in [0.5, 0.6) is 0 Å². The average Bonchev–Trinajstić information content (AvgIpc) is 1.98. The van der Waals surface area contributed by atoms with Crippen molar-refractivity contribution >= 4 is 11.7 Å². The lowest BCUT2D eigenvalue weighted by Crippen LogP contribution is -2.44. The highest BCUT2D eigenvalue weighted by molar-refractivity contribution is 5.89. The molecule has 0 aliphatic heterocycles. The van der Waals surface area contributed by atoms with Gasteiger partial charge in [0.2, 0.25) is 5.91 Å². The van der Waals surface area contributed by atoms with Crippen molar-refractivity contribution in [3.8, 4) is 0 Å². The van der Waals surface area contributed by atoms with Gasteiger partial charge in [0.1, 0.15) is 6.04 Å². The summed E-state index contributed by atoms with van der Waals surface area (Å²) in [5.74, 6) is -0.621. The minimum Gasteiger partial charge on any atom is -0.394 e. The van der Waals surface area contributed by atoms with Gasteiger partial charge in [-0.1, -0.05) is 13.8 Å². The van der Waals surface area contributed by atoms with Gasteiger partial charge < -0.3 is 10.4 Å². The number of carbonyl (C=O) groups excluding carboxylic acids is 2. The number of Topliss-reactive ketones (excluding diaryl/α,β-unsaturated/α-hetero) is 1. The lowest BCUT2D eigenvalue weighted by molar-refractivity contribution is -0.129. The van der Waals surface area contributed by atoms with E-state index >= 15 is 0 Å². The summed E-state index contributed by atoms with van der Waals surface area (Å²) >= 11 is 0. The number of ketones is 1. The smallest absolute Gasteiger partial charge is 0.217 e. The molecule has 0 aliphatic carbocycles. The molecule has 0 radical (unpaired) electrons. The van der Waals surface area contributed by atoms with E-state index in [4.69, 9.17) is 5.11 Å². The third kappa shape index (κ3) is 3.48. The fourth-order valence-corrected chi connectivity index (χ4v) is 0.854. The number of nitrogens with one attached hydrogen (secondary N) is 1. The van der Waals surface area contributed by atoms with Crippen LogP contribution in [0.3, 0.4) is 0 Å². The molecule has 4 nitrogen and oxygen atoms in total. The molecule has 0 saturated heterocycles. The summed E-state index contributed by atoms with van der Waals surface area (Å²) in [6.45, 7) is 4.44. The van der Waals surface area contributed by atoms with Gasteiger partial charge >= 0.3 is 0 Å². The van der Waals surface area contributed by atoms with Gasteiger partial charge in [0.15, 0.2) is 5.78 Å². The van der Waals surface area contributed by atoms with Crippen molar-refractivity contribution in [3.05, 3.63) is 0 Å². The summed E-state index contributed by atoms with van der Waals surface area (Å²) in [6.07, 6.45) is 0. The quantitative estimate of drug-likeness (QED) is 0.614. The Labute approximate surface area is 72.0 Å². The monoisotopic (exact) mass is 173 g/mol. The normalized spacial score (nSPS) is 12.8. The van der Waals surface area contributed by atoms with E-state index in [0.717, 1.165) is 0 Å². The lowest BCUT2D eigenvalue weighted by atomic mass is 10.0. The van der Waals surface area contributed by atoms with Crippen LogP contribution in [0.4, 0.5) is 0 Å². The van der Waals surface area contributed by atoms with Crippen molar-refractivity contribution in [2.45, 2.75) is 26.8 Å². The van der Waals surface area contributed by atoms with Crippen molar-refractivity contribution in [1.29, 1.82) is 0 Å². The zero-order valence-corrected chi connectivity index (χ0v) is 7.63. The van der Waals surface area contributed by atoms with Gasteiger partial charge in [0.05, 0.1) is 6.61 Å². The van der Waals surface area contributed by atoms with Gasteiger partial charge in [-0.05, 0) is 0 Å². The topological polar surface area (TPSA) is 66.4 Å². The molecule has 1 atom stereocenters. The van der Waals surface area contributed by atoms with Crippen LogP contribution in [-0.2, 0) is 9.59 Å². The van der Waals surface area contributed by atoms with Crippen LogP contribution in [0.1, 0.15) is 20.8 Å². The van der Waals surface area contributed by atoms with Gasteiger partial charge in [-0.15, -0.1) is 0 Å². The van der Waals surface area contributed by atoms with Gasteiger partial charge in [-0.3, -0.25) is 9.59 Å². The Kier molecular flexibility index (Phi) is 4.51. The molecule has 2 N–H and O–H groups in total. The first-order valence-electron chi connectivity index (χ1n) is 3.90. The van der Waals surface area contributed by atoms with E-state index in [-0.39, 0.29) is 24.2 Å². The molecule has 0 bridgehead atoms. The Balaban J connectivity index is 4.15. The van der Waals surface area contributed by atoms with Gasteiger partial charge in [0.25, 0.3) is 0 Å². The maximum Gasteiger partial charge on any atom is 0.217 e.